The Morgan fingerprint density at radius 3 is 2.28 bits per heavy atom. The zero-order valence-electron chi connectivity index (χ0n) is 8.67. The van der Waals surface area contributed by atoms with Crippen LogP contribution in [0.3, 0.4) is 0 Å². The van der Waals surface area contributed by atoms with Gasteiger partial charge in [-0.05, 0) is 0 Å². The van der Waals surface area contributed by atoms with Crippen molar-refractivity contribution in [1.29, 1.82) is 0 Å². The maximum Gasteiger partial charge on any atom is 0.321 e. The number of allylic oxidation sites excluding steroid dienone is 3. The van der Waals surface area contributed by atoms with Gasteiger partial charge in [0.15, 0.2) is 29.8 Å². The molecule has 1 aliphatic carbocycles. The maximum atomic E-state index is 13.2. The van der Waals surface area contributed by atoms with E-state index < -0.39 is 52.5 Å². The first-order chi connectivity index (χ1) is 8.27. The standard InChI is InChI=1S/C9H8F5NO2S/c10-3-4(11)6(13)8(7(14)5(3)12)18-1-2(15)9(16)17/h2-4H,1,15H2,(H,16,17). The molecule has 0 spiro atoms. The molecular weight excluding hydrogens is 281 g/mol. The Labute approximate surface area is 103 Å². The van der Waals surface area contributed by atoms with Crippen LogP contribution in [0, 0.1) is 0 Å². The van der Waals surface area contributed by atoms with E-state index in [1.165, 1.54) is 0 Å². The molecule has 3 N–H and O–H groups in total. The number of aliphatic carboxylic acids is 1. The lowest BCUT2D eigenvalue weighted by atomic mass is 10.1. The third-order valence-electron chi connectivity index (χ3n) is 2.09. The summed E-state index contributed by atoms with van der Waals surface area (Å²) in [5.41, 5.74) is 5.06. The van der Waals surface area contributed by atoms with Gasteiger partial charge in [0, 0.05) is 5.75 Å². The molecule has 3 nitrogen and oxygen atoms in total. The minimum atomic E-state index is -3.03. The third kappa shape index (κ3) is 2.83. The predicted molar refractivity (Wildman–Crippen MR) is 55.2 cm³/mol. The van der Waals surface area contributed by atoms with E-state index in [4.69, 9.17) is 10.8 Å². The van der Waals surface area contributed by atoms with Crippen LogP contribution in [0.2, 0.25) is 0 Å². The van der Waals surface area contributed by atoms with Gasteiger partial charge in [-0.2, -0.15) is 0 Å². The molecule has 3 unspecified atom stereocenters. The smallest absolute Gasteiger partial charge is 0.321 e. The van der Waals surface area contributed by atoms with Crippen LogP contribution in [0.25, 0.3) is 0 Å². The second-order valence-corrected chi connectivity index (χ2v) is 4.43. The fraction of sp³-hybridized carbons (Fsp3) is 0.444. The topological polar surface area (TPSA) is 63.3 Å². The lowest BCUT2D eigenvalue weighted by Gasteiger charge is -2.20. The SMILES string of the molecule is NC(CSC1=C(F)C(F)C(F)C(F)=C1F)C(=O)O. The average molecular weight is 289 g/mol. The molecule has 0 aromatic rings. The van der Waals surface area contributed by atoms with Crippen LogP contribution in [-0.4, -0.2) is 35.2 Å². The van der Waals surface area contributed by atoms with Gasteiger partial charge in [0.2, 0.25) is 0 Å². The number of hydrogen-bond donors (Lipinski definition) is 2. The quantitative estimate of drug-likeness (QED) is 0.778. The van der Waals surface area contributed by atoms with Gasteiger partial charge < -0.3 is 10.8 Å². The van der Waals surface area contributed by atoms with Gasteiger partial charge in [0.1, 0.15) is 6.04 Å². The van der Waals surface area contributed by atoms with Gasteiger partial charge in [0.05, 0.1) is 4.91 Å². The summed E-state index contributed by atoms with van der Waals surface area (Å²) in [5.74, 6) is -7.66. The highest BCUT2D eigenvalue weighted by Crippen LogP contribution is 2.41. The summed E-state index contributed by atoms with van der Waals surface area (Å²) in [6.07, 6.45) is -5.96. The minimum Gasteiger partial charge on any atom is -0.480 e. The van der Waals surface area contributed by atoms with Gasteiger partial charge >= 0.3 is 5.97 Å². The first kappa shape index (κ1) is 15.0. The van der Waals surface area contributed by atoms with Crippen LogP contribution in [0.4, 0.5) is 22.0 Å². The van der Waals surface area contributed by atoms with Gasteiger partial charge in [-0.3, -0.25) is 4.79 Å². The van der Waals surface area contributed by atoms with Crippen molar-refractivity contribution in [2.75, 3.05) is 5.75 Å². The predicted octanol–water partition coefficient (Wildman–Crippen LogP) is 2.15. The Morgan fingerprint density at radius 2 is 1.78 bits per heavy atom. The summed E-state index contributed by atoms with van der Waals surface area (Å²) >= 11 is 0.179. The van der Waals surface area contributed by atoms with Crippen molar-refractivity contribution < 1.29 is 31.9 Å². The largest absolute Gasteiger partial charge is 0.480 e. The number of alkyl halides is 2. The third-order valence-corrected chi connectivity index (χ3v) is 3.28. The van der Waals surface area contributed by atoms with Crippen molar-refractivity contribution in [3.05, 3.63) is 22.4 Å². The van der Waals surface area contributed by atoms with Gasteiger partial charge in [0.25, 0.3) is 0 Å². The van der Waals surface area contributed by atoms with E-state index in [2.05, 4.69) is 0 Å². The van der Waals surface area contributed by atoms with Crippen LogP contribution < -0.4 is 5.73 Å². The zero-order chi connectivity index (χ0) is 14.0. The van der Waals surface area contributed by atoms with Crippen LogP contribution in [0.1, 0.15) is 0 Å². The summed E-state index contributed by atoms with van der Waals surface area (Å²) in [6, 6.07) is -1.47. The molecule has 1 rings (SSSR count). The summed E-state index contributed by atoms with van der Waals surface area (Å²) in [7, 11) is 0. The maximum absolute atomic E-state index is 13.2. The number of halogens is 5. The van der Waals surface area contributed by atoms with E-state index >= 15 is 0 Å². The molecular formula is C9H8F5NO2S. The molecule has 0 aromatic carbocycles. The van der Waals surface area contributed by atoms with Crippen molar-refractivity contribution >= 4 is 17.7 Å². The van der Waals surface area contributed by atoms with Crippen LogP contribution >= 0.6 is 11.8 Å². The van der Waals surface area contributed by atoms with E-state index in [9.17, 15) is 26.7 Å². The zero-order valence-corrected chi connectivity index (χ0v) is 9.49. The molecule has 1 aliphatic rings. The van der Waals surface area contributed by atoms with E-state index in [0.717, 1.165) is 0 Å². The van der Waals surface area contributed by atoms with Crippen molar-refractivity contribution in [2.24, 2.45) is 5.73 Å². The van der Waals surface area contributed by atoms with Gasteiger partial charge in [-0.15, -0.1) is 11.8 Å². The fourth-order valence-electron chi connectivity index (χ4n) is 1.09. The molecule has 3 atom stereocenters. The van der Waals surface area contributed by atoms with E-state index in [1.54, 1.807) is 0 Å². The molecule has 0 bridgehead atoms. The normalized spacial score (nSPS) is 26.6. The molecule has 9 heteroatoms. The van der Waals surface area contributed by atoms with Crippen LogP contribution in [0.5, 0.6) is 0 Å². The van der Waals surface area contributed by atoms with Gasteiger partial charge in [-0.1, -0.05) is 0 Å². The lowest BCUT2D eigenvalue weighted by molar-refractivity contribution is -0.137. The monoisotopic (exact) mass is 289 g/mol. The highest BCUT2D eigenvalue weighted by molar-refractivity contribution is 8.03. The number of rotatable bonds is 4. The lowest BCUT2D eigenvalue weighted by Crippen LogP contribution is -2.33. The Morgan fingerprint density at radius 1 is 1.28 bits per heavy atom. The highest BCUT2D eigenvalue weighted by Gasteiger charge is 2.40. The first-order valence-corrected chi connectivity index (χ1v) is 5.60. The number of carboxylic acid groups (broad SMARTS) is 1. The fourth-order valence-corrected chi connectivity index (χ4v) is 2.06. The van der Waals surface area contributed by atoms with Crippen molar-refractivity contribution in [2.45, 2.75) is 18.4 Å². The second kappa shape index (κ2) is 5.70. The first-order valence-electron chi connectivity index (χ1n) is 4.61. The van der Waals surface area contributed by atoms with Crippen molar-refractivity contribution in [3.8, 4) is 0 Å². The number of carbonyl (C=O) groups is 1. The molecule has 102 valence electrons. The molecule has 0 saturated heterocycles. The number of nitrogens with two attached hydrogens (primary N) is 1. The Bertz CT molecular complexity index is 425. The molecule has 0 aliphatic heterocycles. The summed E-state index contributed by atoms with van der Waals surface area (Å²) in [6.45, 7) is 0. The van der Waals surface area contributed by atoms with E-state index in [1.807, 2.05) is 0 Å². The summed E-state index contributed by atoms with van der Waals surface area (Å²) < 4.78 is 64.8. The Balaban J connectivity index is 2.90. The number of thioether (sulfide) groups is 1. The molecule has 0 saturated carbocycles. The number of hydrogen-bond acceptors (Lipinski definition) is 3. The van der Waals surface area contributed by atoms with E-state index in [0.29, 0.717) is 0 Å². The summed E-state index contributed by atoms with van der Waals surface area (Å²) in [5, 5.41) is 8.43. The highest BCUT2D eigenvalue weighted by atomic mass is 32.2. The summed E-state index contributed by atoms with van der Waals surface area (Å²) in [4.78, 5) is 9.26. The molecule has 0 radical (unpaired) electrons. The Hall–Kier alpha value is -1.09. The number of carboxylic acids is 1. The molecule has 0 amide bonds. The molecule has 0 fully saturated rings. The van der Waals surface area contributed by atoms with Gasteiger partial charge in [-0.25, -0.2) is 22.0 Å². The van der Waals surface area contributed by atoms with Crippen molar-refractivity contribution in [1.82, 2.24) is 0 Å². The molecule has 0 heterocycles. The minimum absolute atomic E-state index is 0.179. The molecule has 0 aromatic heterocycles. The second-order valence-electron chi connectivity index (χ2n) is 3.40. The molecule has 18 heavy (non-hydrogen) atoms. The van der Waals surface area contributed by atoms with E-state index in [-0.39, 0.29) is 11.8 Å². The van der Waals surface area contributed by atoms with Crippen LogP contribution in [-0.2, 0) is 4.79 Å². The average Bonchev–Trinajstić information content (AvgIpc) is 2.33. The Kier molecular flexibility index (Phi) is 4.74. The van der Waals surface area contributed by atoms with Crippen LogP contribution in [0.15, 0.2) is 22.4 Å². The van der Waals surface area contributed by atoms with Crippen molar-refractivity contribution in [3.63, 3.8) is 0 Å².